The molecule has 3 nitrogen and oxygen atoms in total. The number of aromatic nitrogens is 1. The minimum Gasteiger partial charge on any atom is -0.327 e. The van der Waals surface area contributed by atoms with Gasteiger partial charge in [-0.1, -0.05) is 20.8 Å². The number of likely N-dealkylation sites (tertiary alicyclic amines) is 1. The first-order chi connectivity index (χ1) is 8.01. The zero-order chi connectivity index (χ0) is 12.5. The van der Waals surface area contributed by atoms with Crippen LogP contribution in [0.1, 0.15) is 37.1 Å². The van der Waals surface area contributed by atoms with Crippen LogP contribution in [0.15, 0.2) is 6.20 Å². The minimum atomic E-state index is 0.225. The van der Waals surface area contributed by atoms with E-state index in [4.69, 9.17) is 5.73 Å². The van der Waals surface area contributed by atoms with Gasteiger partial charge in [0, 0.05) is 30.2 Å². The monoisotopic (exact) mass is 253 g/mol. The number of hydrogen-bond donors (Lipinski definition) is 1. The fourth-order valence-electron chi connectivity index (χ4n) is 2.40. The Kier molecular flexibility index (Phi) is 3.85. The lowest BCUT2D eigenvalue weighted by atomic mass is 9.80. The maximum Gasteiger partial charge on any atom is 0.107 e. The first-order valence-corrected chi connectivity index (χ1v) is 7.24. The third-order valence-electron chi connectivity index (χ3n) is 3.70. The van der Waals surface area contributed by atoms with Crippen LogP contribution in [0, 0.1) is 5.41 Å². The van der Waals surface area contributed by atoms with Crippen LogP contribution in [0.4, 0.5) is 0 Å². The minimum absolute atomic E-state index is 0.225. The molecule has 1 aromatic rings. The average Bonchev–Trinajstić information content (AvgIpc) is 2.71. The smallest absolute Gasteiger partial charge is 0.107 e. The normalized spacial score (nSPS) is 25.1. The lowest BCUT2D eigenvalue weighted by Crippen LogP contribution is -2.52. The SMILES string of the molecule is CCc1cnc(CN2CCC(N)C(C)(C)C2)s1. The highest BCUT2D eigenvalue weighted by Crippen LogP contribution is 2.29. The molecule has 1 saturated heterocycles. The molecule has 1 atom stereocenters. The van der Waals surface area contributed by atoms with E-state index in [9.17, 15) is 0 Å². The highest BCUT2D eigenvalue weighted by Gasteiger charge is 2.33. The molecule has 0 radical (unpaired) electrons. The Hall–Kier alpha value is -0.450. The summed E-state index contributed by atoms with van der Waals surface area (Å²) in [6.07, 6.45) is 4.20. The lowest BCUT2D eigenvalue weighted by molar-refractivity contribution is 0.0898. The largest absolute Gasteiger partial charge is 0.327 e. The summed E-state index contributed by atoms with van der Waals surface area (Å²) in [4.78, 5) is 8.36. The van der Waals surface area contributed by atoms with E-state index in [0.29, 0.717) is 6.04 Å². The molecule has 0 saturated carbocycles. The van der Waals surface area contributed by atoms with Gasteiger partial charge < -0.3 is 5.73 Å². The molecule has 1 aromatic heterocycles. The molecule has 1 aliphatic rings. The average molecular weight is 253 g/mol. The van der Waals surface area contributed by atoms with Crippen molar-refractivity contribution in [2.24, 2.45) is 11.1 Å². The predicted octanol–water partition coefficient (Wildman–Crippen LogP) is 2.26. The van der Waals surface area contributed by atoms with Gasteiger partial charge in [0.1, 0.15) is 5.01 Å². The molecule has 1 aliphatic heterocycles. The molecule has 4 heteroatoms. The van der Waals surface area contributed by atoms with E-state index < -0.39 is 0 Å². The van der Waals surface area contributed by atoms with Gasteiger partial charge in [-0.3, -0.25) is 4.90 Å². The second-order valence-corrected chi connectivity index (χ2v) is 6.87. The molecule has 0 amide bonds. The lowest BCUT2D eigenvalue weighted by Gasteiger charge is -2.42. The zero-order valence-electron chi connectivity index (χ0n) is 11.1. The summed E-state index contributed by atoms with van der Waals surface area (Å²) in [5, 5.41) is 1.24. The maximum atomic E-state index is 6.15. The van der Waals surface area contributed by atoms with Crippen LogP contribution in [0.2, 0.25) is 0 Å². The van der Waals surface area contributed by atoms with Crippen LogP contribution >= 0.6 is 11.3 Å². The fraction of sp³-hybridized carbons (Fsp3) is 0.769. The van der Waals surface area contributed by atoms with Gasteiger partial charge in [0.05, 0.1) is 6.54 Å². The molecule has 0 aliphatic carbocycles. The highest BCUT2D eigenvalue weighted by atomic mass is 32.1. The van der Waals surface area contributed by atoms with E-state index in [-0.39, 0.29) is 5.41 Å². The summed E-state index contributed by atoms with van der Waals surface area (Å²) >= 11 is 1.84. The third kappa shape index (κ3) is 3.06. The van der Waals surface area contributed by atoms with Crippen molar-refractivity contribution in [1.82, 2.24) is 9.88 Å². The summed E-state index contributed by atoms with van der Waals surface area (Å²) < 4.78 is 0. The number of nitrogens with two attached hydrogens (primary N) is 1. The van der Waals surface area contributed by atoms with Gasteiger partial charge in [-0.2, -0.15) is 0 Å². The fourth-order valence-corrected chi connectivity index (χ4v) is 3.30. The van der Waals surface area contributed by atoms with Gasteiger partial charge in [0.15, 0.2) is 0 Å². The Labute approximate surface area is 108 Å². The van der Waals surface area contributed by atoms with Crippen molar-refractivity contribution in [2.75, 3.05) is 13.1 Å². The standard InChI is InChI=1S/C13H23N3S/c1-4-10-7-15-12(17-10)8-16-6-5-11(14)13(2,3)9-16/h7,11H,4-6,8-9,14H2,1-3H3. The van der Waals surface area contributed by atoms with Gasteiger partial charge in [-0.15, -0.1) is 11.3 Å². The summed E-state index contributed by atoms with van der Waals surface area (Å²) in [5.41, 5.74) is 6.38. The highest BCUT2D eigenvalue weighted by molar-refractivity contribution is 7.11. The number of hydrogen-bond acceptors (Lipinski definition) is 4. The van der Waals surface area contributed by atoms with Crippen LogP contribution in [0.5, 0.6) is 0 Å². The third-order valence-corrected chi connectivity index (χ3v) is 4.83. The van der Waals surface area contributed by atoms with E-state index in [0.717, 1.165) is 32.5 Å². The molecular weight excluding hydrogens is 230 g/mol. The van der Waals surface area contributed by atoms with Crippen LogP contribution in [0.25, 0.3) is 0 Å². The second-order valence-electron chi connectivity index (χ2n) is 5.67. The van der Waals surface area contributed by atoms with Gasteiger partial charge in [0.2, 0.25) is 0 Å². The Balaban J connectivity index is 1.96. The van der Waals surface area contributed by atoms with Crippen molar-refractivity contribution < 1.29 is 0 Å². The first-order valence-electron chi connectivity index (χ1n) is 6.43. The van der Waals surface area contributed by atoms with Crippen LogP contribution in [-0.4, -0.2) is 29.0 Å². The number of aryl methyl sites for hydroxylation is 1. The van der Waals surface area contributed by atoms with Crippen LogP contribution in [-0.2, 0) is 13.0 Å². The molecule has 1 fully saturated rings. The number of piperidine rings is 1. The molecule has 1 unspecified atom stereocenters. The van der Waals surface area contributed by atoms with Gasteiger partial charge in [-0.05, 0) is 18.3 Å². The summed E-state index contributed by atoms with van der Waals surface area (Å²) in [7, 11) is 0. The number of rotatable bonds is 3. The van der Waals surface area contributed by atoms with E-state index >= 15 is 0 Å². The molecule has 0 spiro atoms. The molecule has 0 aromatic carbocycles. The molecule has 17 heavy (non-hydrogen) atoms. The van der Waals surface area contributed by atoms with Crippen molar-refractivity contribution in [3.63, 3.8) is 0 Å². The summed E-state index contributed by atoms with van der Waals surface area (Å²) in [6, 6.07) is 0.334. The van der Waals surface area contributed by atoms with Crippen molar-refractivity contribution in [2.45, 2.75) is 46.2 Å². The van der Waals surface area contributed by atoms with Crippen molar-refractivity contribution in [3.8, 4) is 0 Å². The Morgan fingerprint density at radius 2 is 2.35 bits per heavy atom. The first kappa shape index (κ1) is 13.0. The Morgan fingerprint density at radius 1 is 1.59 bits per heavy atom. The number of nitrogens with zero attached hydrogens (tertiary/aromatic N) is 2. The van der Waals surface area contributed by atoms with Crippen LogP contribution in [0.3, 0.4) is 0 Å². The van der Waals surface area contributed by atoms with Crippen molar-refractivity contribution in [1.29, 1.82) is 0 Å². The predicted molar refractivity (Wildman–Crippen MR) is 73.1 cm³/mol. The van der Waals surface area contributed by atoms with Gasteiger partial charge >= 0.3 is 0 Å². The Morgan fingerprint density at radius 3 is 2.94 bits per heavy atom. The van der Waals surface area contributed by atoms with Gasteiger partial charge in [-0.25, -0.2) is 4.98 Å². The van der Waals surface area contributed by atoms with E-state index in [1.165, 1.54) is 9.88 Å². The molecule has 2 rings (SSSR count). The van der Waals surface area contributed by atoms with E-state index in [1.807, 2.05) is 17.5 Å². The maximum absolute atomic E-state index is 6.15. The number of thiazole rings is 1. The topological polar surface area (TPSA) is 42.2 Å². The summed E-state index contributed by atoms with van der Waals surface area (Å²) in [6.45, 7) is 9.88. The molecule has 96 valence electrons. The quantitative estimate of drug-likeness (QED) is 0.898. The molecular formula is C13H23N3S. The molecule has 0 bridgehead atoms. The van der Waals surface area contributed by atoms with Gasteiger partial charge in [0.25, 0.3) is 0 Å². The second kappa shape index (κ2) is 5.04. The van der Waals surface area contributed by atoms with E-state index in [2.05, 4.69) is 30.7 Å². The molecule has 2 heterocycles. The van der Waals surface area contributed by atoms with Crippen molar-refractivity contribution in [3.05, 3.63) is 16.1 Å². The molecule has 2 N–H and O–H groups in total. The zero-order valence-corrected chi connectivity index (χ0v) is 11.9. The van der Waals surface area contributed by atoms with Crippen molar-refractivity contribution >= 4 is 11.3 Å². The van der Waals surface area contributed by atoms with E-state index in [1.54, 1.807) is 0 Å². The Bertz CT molecular complexity index is 372. The van der Waals surface area contributed by atoms with Crippen LogP contribution < -0.4 is 5.73 Å². The summed E-state index contributed by atoms with van der Waals surface area (Å²) in [5.74, 6) is 0.